The van der Waals surface area contributed by atoms with Gasteiger partial charge in [-0.1, -0.05) is 0 Å². The lowest BCUT2D eigenvalue weighted by Crippen LogP contribution is -2.30. The van der Waals surface area contributed by atoms with Crippen molar-refractivity contribution in [2.75, 3.05) is 0 Å². The van der Waals surface area contributed by atoms with Crippen LogP contribution in [0.4, 0.5) is 0 Å². The van der Waals surface area contributed by atoms with Crippen LogP contribution in [0.5, 0.6) is 0 Å². The fraction of sp³-hybridized carbons (Fsp3) is 0.500. The van der Waals surface area contributed by atoms with Crippen LogP contribution in [0.1, 0.15) is 21.8 Å². The predicted molar refractivity (Wildman–Crippen MR) is 50.7 cm³/mol. The Morgan fingerprint density at radius 1 is 1.85 bits per heavy atom. The van der Waals surface area contributed by atoms with Gasteiger partial charge in [-0.3, -0.25) is 4.79 Å². The second-order valence-electron chi connectivity index (χ2n) is 3.24. The van der Waals surface area contributed by atoms with Crippen LogP contribution >= 0.6 is 11.3 Å². The summed E-state index contributed by atoms with van der Waals surface area (Å²) in [6.07, 6.45) is 0.884. The van der Waals surface area contributed by atoms with Crippen LogP contribution < -0.4 is 11.1 Å². The third-order valence-corrected chi connectivity index (χ3v) is 2.87. The monoisotopic (exact) mass is 197 g/mol. The number of carbonyl (C=O) groups excluding carboxylic acids is 1. The fourth-order valence-corrected chi connectivity index (χ4v) is 1.71. The minimum atomic E-state index is -0.100. The number of hydrogen-bond donors (Lipinski definition) is 2. The molecule has 0 spiro atoms. The molecule has 2 atom stereocenters. The minimum absolute atomic E-state index is 0.100. The zero-order valence-electron chi connectivity index (χ0n) is 7.28. The molecular formula is C8H11N3OS. The molecule has 1 aromatic rings. The van der Waals surface area contributed by atoms with E-state index in [2.05, 4.69) is 10.3 Å². The second kappa shape index (κ2) is 3.08. The Morgan fingerprint density at radius 2 is 2.54 bits per heavy atom. The smallest absolute Gasteiger partial charge is 0.271 e. The maximum atomic E-state index is 11.5. The van der Waals surface area contributed by atoms with E-state index in [1.807, 2.05) is 6.92 Å². The Kier molecular flexibility index (Phi) is 2.05. The minimum Gasteiger partial charge on any atom is -0.346 e. The maximum Gasteiger partial charge on any atom is 0.271 e. The molecule has 0 aliphatic heterocycles. The molecule has 0 aromatic carbocycles. The molecule has 2 rings (SSSR count). The van der Waals surface area contributed by atoms with Gasteiger partial charge in [0, 0.05) is 17.0 Å². The number of thiazole rings is 1. The molecule has 3 N–H and O–H groups in total. The lowest BCUT2D eigenvalue weighted by atomic mass is 10.3. The lowest BCUT2D eigenvalue weighted by molar-refractivity contribution is 0.0945. The Labute approximate surface area is 80.2 Å². The van der Waals surface area contributed by atoms with E-state index in [-0.39, 0.29) is 18.0 Å². The Morgan fingerprint density at radius 3 is 3.00 bits per heavy atom. The lowest BCUT2D eigenvalue weighted by Gasteiger charge is -2.00. The first-order valence-electron chi connectivity index (χ1n) is 4.15. The molecule has 4 nitrogen and oxygen atoms in total. The summed E-state index contributed by atoms with van der Waals surface area (Å²) in [5.41, 5.74) is 7.78. The van der Waals surface area contributed by atoms with E-state index in [1.165, 1.54) is 11.3 Å². The summed E-state index contributed by atoms with van der Waals surface area (Å²) in [6.45, 7) is 1.89. The van der Waals surface area contributed by atoms with Gasteiger partial charge in [0.1, 0.15) is 5.69 Å². The normalized spacial score (nSPS) is 25.7. The van der Waals surface area contributed by atoms with Crippen molar-refractivity contribution in [2.24, 2.45) is 5.73 Å². The number of aryl methyl sites for hydroxylation is 1. The SMILES string of the molecule is Cc1scnc1C(=O)NC1CC1N. The molecule has 0 bridgehead atoms. The zero-order chi connectivity index (χ0) is 9.42. The number of nitrogens with two attached hydrogens (primary N) is 1. The molecule has 1 amide bonds. The number of amides is 1. The molecule has 1 fully saturated rings. The van der Waals surface area contributed by atoms with Crippen LogP contribution in [0, 0.1) is 6.92 Å². The molecule has 13 heavy (non-hydrogen) atoms. The van der Waals surface area contributed by atoms with Gasteiger partial charge in [-0.2, -0.15) is 0 Å². The third kappa shape index (κ3) is 1.71. The molecule has 0 radical (unpaired) electrons. The highest BCUT2D eigenvalue weighted by Crippen LogP contribution is 2.19. The van der Waals surface area contributed by atoms with Crippen molar-refractivity contribution in [3.05, 3.63) is 16.1 Å². The maximum absolute atomic E-state index is 11.5. The van der Waals surface area contributed by atoms with Gasteiger partial charge in [-0.25, -0.2) is 4.98 Å². The van der Waals surface area contributed by atoms with Crippen molar-refractivity contribution in [1.82, 2.24) is 10.3 Å². The number of nitrogens with zero attached hydrogens (tertiary/aromatic N) is 1. The average Bonchev–Trinajstić information content (AvgIpc) is 2.62. The van der Waals surface area contributed by atoms with Crippen molar-refractivity contribution < 1.29 is 4.79 Å². The van der Waals surface area contributed by atoms with Crippen molar-refractivity contribution in [3.63, 3.8) is 0 Å². The Bertz CT molecular complexity index is 336. The first-order valence-corrected chi connectivity index (χ1v) is 5.03. The number of aromatic nitrogens is 1. The number of rotatable bonds is 2. The van der Waals surface area contributed by atoms with E-state index in [0.717, 1.165) is 11.3 Å². The first-order chi connectivity index (χ1) is 6.18. The molecule has 70 valence electrons. The second-order valence-corrected chi connectivity index (χ2v) is 4.30. The summed E-state index contributed by atoms with van der Waals surface area (Å²) in [4.78, 5) is 16.4. The number of carbonyl (C=O) groups is 1. The molecular weight excluding hydrogens is 186 g/mol. The average molecular weight is 197 g/mol. The fourth-order valence-electron chi connectivity index (χ4n) is 1.14. The summed E-state index contributed by atoms with van der Waals surface area (Å²) in [7, 11) is 0. The summed E-state index contributed by atoms with van der Waals surface area (Å²) >= 11 is 1.48. The molecule has 1 aliphatic rings. The van der Waals surface area contributed by atoms with Crippen molar-refractivity contribution >= 4 is 17.2 Å². The van der Waals surface area contributed by atoms with Crippen LogP contribution in [-0.2, 0) is 0 Å². The van der Waals surface area contributed by atoms with Gasteiger partial charge in [0.25, 0.3) is 5.91 Å². The van der Waals surface area contributed by atoms with E-state index in [0.29, 0.717) is 5.69 Å². The highest BCUT2D eigenvalue weighted by atomic mass is 32.1. The topological polar surface area (TPSA) is 68.0 Å². The van der Waals surface area contributed by atoms with E-state index in [9.17, 15) is 4.79 Å². The van der Waals surface area contributed by atoms with Gasteiger partial charge in [0.05, 0.1) is 5.51 Å². The highest BCUT2D eigenvalue weighted by molar-refractivity contribution is 7.09. The molecule has 1 saturated carbocycles. The van der Waals surface area contributed by atoms with Gasteiger partial charge in [0.2, 0.25) is 0 Å². The molecule has 2 unspecified atom stereocenters. The van der Waals surface area contributed by atoms with Gasteiger partial charge in [-0.15, -0.1) is 11.3 Å². The van der Waals surface area contributed by atoms with E-state index >= 15 is 0 Å². The number of hydrogen-bond acceptors (Lipinski definition) is 4. The van der Waals surface area contributed by atoms with E-state index < -0.39 is 0 Å². The Balaban J connectivity index is 2.01. The molecule has 0 saturated heterocycles. The predicted octanol–water partition coefficient (Wildman–Crippen LogP) is 0.281. The summed E-state index contributed by atoms with van der Waals surface area (Å²) in [5.74, 6) is -0.100. The van der Waals surface area contributed by atoms with Crippen LogP contribution in [0.25, 0.3) is 0 Å². The van der Waals surface area contributed by atoms with Crippen LogP contribution in [0.3, 0.4) is 0 Å². The standard InChI is InChI=1S/C8H11N3OS/c1-4-7(10-3-13-4)8(12)11-6-2-5(6)9/h3,5-6H,2,9H2,1H3,(H,11,12). The third-order valence-electron chi connectivity index (χ3n) is 2.12. The summed E-state index contributed by atoms with van der Waals surface area (Å²) < 4.78 is 0. The largest absolute Gasteiger partial charge is 0.346 e. The van der Waals surface area contributed by atoms with Crippen molar-refractivity contribution in [3.8, 4) is 0 Å². The molecule has 1 heterocycles. The highest BCUT2D eigenvalue weighted by Gasteiger charge is 2.35. The zero-order valence-corrected chi connectivity index (χ0v) is 8.10. The first kappa shape index (κ1) is 8.65. The molecule has 5 heteroatoms. The van der Waals surface area contributed by atoms with Crippen molar-refractivity contribution in [1.29, 1.82) is 0 Å². The molecule has 1 aliphatic carbocycles. The van der Waals surface area contributed by atoms with Crippen LogP contribution in [0.2, 0.25) is 0 Å². The molecule has 1 aromatic heterocycles. The van der Waals surface area contributed by atoms with Gasteiger partial charge in [-0.05, 0) is 13.3 Å². The van der Waals surface area contributed by atoms with Gasteiger partial charge < -0.3 is 11.1 Å². The van der Waals surface area contributed by atoms with Gasteiger partial charge >= 0.3 is 0 Å². The number of nitrogens with one attached hydrogen (secondary N) is 1. The van der Waals surface area contributed by atoms with Crippen LogP contribution in [0.15, 0.2) is 5.51 Å². The van der Waals surface area contributed by atoms with E-state index in [4.69, 9.17) is 5.73 Å². The van der Waals surface area contributed by atoms with Crippen LogP contribution in [-0.4, -0.2) is 23.0 Å². The van der Waals surface area contributed by atoms with Gasteiger partial charge in [0.15, 0.2) is 0 Å². The summed E-state index contributed by atoms with van der Waals surface area (Å²) in [5, 5.41) is 2.83. The van der Waals surface area contributed by atoms with Crippen molar-refractivity contribution in [2.45, 2.75) is 25.4 Å². The summed E-state index contributed by atoms with van der Waals surface area (Å²) in [6, 6.07) is 0.302. The van der Waals surface area contributed by atoms with E-state index in [1.54, 1.807) is 5.51 Å². The Hall–Kier alpha value is -0.940. The quantitative estimate of drug-likeness (QED) is 0.715.